The van der Waals surface area contributed by atoms with Crippen LogP contribution in [0.3, 0.4) is 0 Å². The van der Waals surface area contributed by atoms with Gasteiger partial charge in [0.05, 0.1) is 11.1 Å². The van der Waals surface area contributed by atoms with Crippen LogP contribution in [0.4, 0.5) is 0 Å². The van der Waals surface area contributed by atoms with E-state index < -0.39 is 16.9 Å². The van der Waals surface area contributed by atoms with Gasteiger partial charge in [-0.2, -0.15) is 0 Å². The van der Waals surface area contributed by atoms with Gasteiger partial charge in [0.2, 0.25) is 5.78 Å². The van der Waals surface area contributed by atoms with E-state index in [2.05, 4.69) is 9.97 Å². The van der Waals surface area contributed by atoms with Gasteiger partial charge in [0.25, 0.3) is 11.1 Å². The minimum Gasteiger partial charge on any atom is -0.321 e. The van der Waals surface area contributed by atoms with E-state index >= 15 is 0 Å². The van der Waals surface area contributed by atoms with Crippen molar-refractivity contribution in [2.24, 2.45) is 0 Å². The Hall–Kier alpha value is -3.47. The number of H-pyrrole nitrogens is 2. The molecule has 4 aromatic rings. The fraction of sp³-hybridized carbons (Fsp3) is 0. The second-order valence-electron chi connectivity index (χ2n) is 5.53. The molecule has 5 heteroatoms. The molecule has 0 amide bonds. The summed E-state index contributed by atoms with van der Waals surface area (Å²) in [5.41, 5.74) is 0.180. The van der Waals surface area contributed by atoms with E-state index in [1.807, 2.05) is 12.1 Å². The molecule has 2 aromatic carbocycles. The molecule has 0 bridgehead atoms. The number of rotatable bonds is 2. The third-order valence-corrected chi connectivity index (χ3v) is 4.00. The number of nitrogens with one attached hydrogen (secondary N) is 2. The number of hydrogen-bond donors (Lipinski definition) is 2. The number of para-hydroxylation sites is 2. The summed E-state index contributed by atoms with van der Waals surface area (Å²) in [4.78, 5) is 42.6. The topological polar surface area (TPSA) is 82.8 Å². The lowest BCUT2D eigenvalue weighted by molar-refractivity contribution is 0.103. The molecular weight excluding hydrogens is 304 g/mol. The van der Waals surface area contributed by atoms with Crippen molar-refractivity contribution in [2.45, 2.75) is 0 Å². The van der Waals surface area contributed by atoms with Gasteiger partial charge in [-0.1, -0.05) is 36.4 Å². The normalized spacial score (nSPS) is 11.0. The highest BCUT2D eigenvalue weighted by molar-refractivity contribution is 6.11. The van der Waals surface area contributed by atoms with Crippen LogP contribution in [0.5, 0.6) is 0 Å². The van der Waals surface area contributed by atoms with Gasteiger partial charge in [-0.05, 0) is 35.0 Å². The summed E-state index contributed by atoms with van der Waals surface area (Å²) < 4.78 is 0. The molecule has 0 radical (unpaired) electrons. The summed E-state index contributed by atoms with van der Waals surface area (Å²) in [6.45, 7) is 0. The molecule has 0 aliphatic carbocycles. The fourth-order valence-electron chi connectivity index (χ4n) is 2.78. The summed E-state index contributed by atoms with van der Waals surface area (Å²) in [5.74, 6) is -0.589. The first-order valence-corrected chi connectivity index (χ1v) is 7.42. The quantitative estimate of drug-likeness (QED) is 0.558. The number of aromatic nitrogens is 2. The van der Waals surface area contributed by atoms with Crippen LogP contribution in [0.1, 0.15) is 15.9 Å². The number of aromatic amines is 2. The van der Waals surface area contributed by atoms with Crippen molar-refractivity contribution in [3.8, 4) is 0 Å². The molecule has 5 nitrogen and oxygen atoms in total. The van der Waals surface area contributed by atoms with Crippen LogP contribution in [0.25, 0.3) is 21.8 Å². The minimum absolute atomic E-state index is 0.0468. The van der Waals surface area contributed by atoms with E-state index in [0.29, 0.717) is 11.0 Å². The average molecular weight is 316 g/mol. The van der Waals surface area contributed by atoms with Crippen molar-refractivity contribution in [1.29, 1.82) is 0 Å². The number of pyridine rings is 2. The first kappa shape index (κ1) is 14.1. The maximum Gasteiger partial charge on any atom is 0.259 e. The Morgan fingerprint density at radius 2 is 1.08 bits per heavy atom. The smallest absolute Gasteiger partial charge is 0.259 e. The fourth-order valence-corrected chi connectivity index (χ4v) is 2.78. The van der Waals surface area contributed by atoms with E-state index in [1.165, 1.54) is 12.1 Å². The van der Waals surface area contributed by atoms with Crippen LogP contribution in [0.15, 0.2) is 70.3 Å². The van der Waals surface area contributed by atoms with Crippen molar-refractivity contribution < 1.29 is 4.79 Å². The molecule has 24 heavy (non-hydrogen) atoms. The Kier molecular flexibility index (Phi) is 3.13. The van der Waals surface area contributed by atoms with Crippen molar-refractivity contribution in [3.63, 3.8) is 0 Å². The first-order valence-electron chi connectivity index (χ1n) is 7.42. The Morgan fingerprint density at radius 3 is 1.54 bits per heavy atom. The van der Waals surface area contributed by atoms with Gasteiger partial charge in [-0.15, -0.1) is 0 Å². The Morgan fingerprint density at radius 1 is 0.667 bits per heavy atom. The van der Waals surface area contributed by atoms with Crippen molar-refractivity contribution in [3.05, 3.63) is 92.5 Å². The van der Waals surface area contributed by atoms with E-state index in [4.69, 9.17) is 0 Å². The zero-order chi connectivity index (χ0) is 16.7. The Balaban J connectivity index is 1.93. The monoisotopic (exact) mass is 316 g/mol. The molecule has 116 valence electrons. The molecular formula is C19H12N2O3. The number of ketones is 1. The van der Waals surface area contributed by atoms with Crippen LogP contribution in [0.2, 0.25) is 0 Å². The number of carbonyl (C=O) groups excluding carboxylic acids is 1. The molecule has 0 spiro atoms. The lowest BCUT2D eigenvalue weighted by atomic mass is 10.0. The maximum absolute atomic E-state index is 12.7. The highest BCUT2D eigenvalue weighted by atomic mass is 16.2. The second kappa shape index (κ2) is 5.31. The first-order chi connectivity index (χ1) is 11.6. The third-order valence-electron chi connectivity index (χ3n) is 4.00. The molecule has 2 aromatic heterocycles. The lowest BCUT2D eigenvalue weighted by Crippen LogP contribution is -2.24. The number of fused-ring (bicyclic) bond motifs is 2. The van der Waals surface area contributed by atoms with Crippen LogP contribution in [0, 0.1) is 0 Å². The predicted octanol–water partition coefficient (Wildman–Crippen LogP) is 2.60. The van der Waals surface area contributed by atoms with Gasteiger partial charge < -0.3 is 9.97 Å². The molecule has 2 heterocycles. The third kappa shape index (κ3) is 2.23. The van der Waals surface area contributed by atoms with Crippen LogP contribution in [-0.4, -0.2) is 15.8 Å². The van der Waals surface area contributed by atoms with Crippen molar-refractivity contribution in [2.75, 3.05) is 0 Å². The summed E-state index contributed by atoms with van der Waals surface area (Å²) >= 11 is 0. The minimum atomic E-state index is -0.589. The summed E-state index contributed by atoms with van der Waals surface area (Å²) in [6.07, 6.45) is 0. The lowest BCUT2D eigenvalue weighted by Gasteiger charge is -2.04. The second-order valence-corrected chi connectivity index (χ2v) is 5.53. The van der Waals surface area contributed by atoms with Gasteiger partial charge in [-0.25, -0.2) is 0 Å². The zero-order valence-corrected chi connectivity index (χ0v) is 12.5. The SMILES string of the molecule is O=C(c1cc2ccccc2[nH]c1=O)c1cc2ccccc2[nH]c1=O. The molecule has 0 unspecified atom stereocenters. The van der Waals surface area contributed by atoms with Crippen LogP contribution in [-0.2, 0) is 0 Å². The van der Waals surface area contributed by atoms with E-state index in [0.717, 1.165) is 10.8 Å². The molecule has 0 fully saturated rings. The largest absolute Gasteiger partial charge is 0.321 e. The Bertz CT molecular complexity index is 1120. The van der Waals surface area contributed by atoms with Gasteiger partial charge in [-0.3, -0.25) is 14.4 Å². The maximum atomic E-state index is 12.7. The molecule has 0 saturated heterocycles. The number of carbonyl (C=O) groups is 1. The summed E-state index contributed by atoms with van der Waals surface area (Å²) in [6, 6.07) is 17.4. The molecule has 4 rings (SSSR count). The standard InChI is InChI=1S/C19H12N2O3/c22-17(13-9-11-5-1-3-7-15(11)20-18(13)23)14-10-12-6-2-4-8-16(12)21-19(14)24/h1-10H,(H,20,23)(H,21,24). The molecule has 2 N–H and O–H groups in total. The van der Waals surface area contributed by atoms with E-state index in [-0.39, 0.29) is 11.1 Å². The molecule has 0 aliphatic rings. The average Bonchev–Trinajstić information content (AvgIpc) is 2.60. The molecule has 0 aliphatic heterocycles. The summed E-state index contributed by atoms with van der Waals surface area (Å²) in [5, 5.41) is 1.47. The number of benzene rings is 2. The van der Waals surface area contributed by atoms with Crippen molar-refractivity contribution in [1.82, 2.24) is 9.97 Å². The summed E-state index contributed by atoms with van der Waals surface area (Å²) in [7, 11) is 0. The highest BCUT2D eigenvalue weighted by Gasteiger charge is 2.18. The zero-order valence-electron chi connectivity index (χ0n) is 12.5. The van der Waals surface area contributed by atoms with E-state index in [1.54, 1.807) is 36.4 Å². The Labute approximate surface area is 135 Å². The van der Waals surface area contributed by atoms with E-state index in [9.17, 15) is 14.4 Å². The van der Waals surface area contributed by atoms with Gasteiger partial charge >= 0.3 is 0 Å². The predicted molar refractivity (Wildman–Crippen MR) is 92.6 cm³/mol. The van der Waals surface area contributed by atoms with Gasteiger partial charge in [0.1, 0.15) is 0 Å². The van der Waals surface area contributed by atoms with Gasteiger partial charge in [0, 0.05) is 11.0 Å². The van der Waals surface area contributed by atoms with Crippen LogP contribution >= 0.6 is 0 Å². The molecule has 0 saturated carbocycles. The van der Waals surface area contributed by atoms with Crippen LogP contribution < -0.4 is 11.1 Å². The highest BCUT2D eigenvalue weighted by Crippen LogP contribution is 2.14. The van der Waals surface area contributed by atoms with Gasteiger partial charge in [0.15, 0.2) is 0 Å². The molecule has 0 atom stereocenters. The number of hydrogen-bond acceptors (Lipinski definition) is 3. The van der Waals surface area contributed by atoms with Crippen molar-refractivity contribution >= 4 is 27.6 Å².